The van der Waals surface area contributed by atoms with Crippen molar-refractivity contribution in [3.63, 3.8) is 0 Å². The normalized spacial score (nSPS) is 11.9. The van der Waals surface area contributed by atoms with Gasteiger partial charge < -0.3 is 14.6 Å². The number of nitrogens with one attached hydrogen (secondary N) is 1. The van der Waals surface area contributed by atoms with Crippen LogP contribution in [0.5, 0.6) is 5.75 Å². The lowest BCUT2D eigenvalue weighted by Crippen LogP contribution is -2.35. The number of aromatic nitrogens is 1. The molecule has 3 aromatic carbocycles. The molecule has 1 aromatic heterocycles. The number of halogens is 1. The van der Waals surface area contributed by atoms with Crippen molar-refractivity contribution in [3.05, 3.63) is 101 Å². The number of rotatable bonds is 6. The van der Waals surface area contributed by atoms with Crippen LogP contribution in [0.1, 0.15) is 17.2 Å². The van der Waals surface area contributed by atoms with Crippen LogP contribution in [-0.2, 0) is 4.79 Å². The van der Waals surface area contributed by atoms with Crippen molar-refractivity contribution in [3.8, 4) is 5.75 Å². The number of fused-ring (bicyclic) bond motifs is 1. The van der Waals surface area contributed by atoms with E-state index in [1.165, 1.54) is 0 Å². The third kappa shape index (κ3) is 4.13. The number of hydrogen-bond acceptors (Lipinski definition) is 2. The monoisotopic (exact) mass is 404 g/mol. The second-order valence-electron chi connectivity index (χ2n) is 6.85. The van der Waals surface area contributed by atoms with Crippen molar-refractivity contribution < 1.29 is 9.53 Å². The first-order chi connectivity index (χ1) is 14.1. The minimum Gasteiger partial charge on any atom is -0.484 e. The summed E-state index contributed by atoms with van der Waals surface area (Å²) in [5.41, 5.74) is 3.04. The molecule has 0 aliphatic carbocycles. The van der Waals surface area contributed by atoms with Gasteiger partial charge in [0.2, 0.25) is 0 Å². The molecule has 1 N–H and O–H groups in total. The summed E-state index contributed by atoms with van der Waals surface area (Å²) >= 11 is 6.09. The third-order valence-electron chi connectivity index (χ3n) is 4.99. The van der Waals surface area contributed by atoms with Gasteiger partial charge in [-0.3, -0.25) is 4.79 Å². The summed E-state index contributed by atoms with van der Waals surface area (Å²) in [6, 6.07) is 24.7. The summed E-state index contributed by atoms with van der Waals surface area (Å²) < 4.78 is 5.68. The van der Waals surface area contributed by atoms with Crippen LogP contribution in [-0.4, -0.2) is 29.4 Å². The second-order valence-corrected chi connectivity index (χ2v) is 7.29. The van der Waals surface area contributed by atoms with Gasteiger partial charge in [0.15, 0.2) is 6.61 Å². The summed E-state index contributed by atoms with van der Waals surface area (Å²) in [7, 11) is 1.80. The molecular formula is C24H21ClN2O2. The van der Waals surface area contributed by atoms with Gasteiger partial charge in [-0.05, 0) is 35.9 Å². The Balaban J connectivity index is 1.66. The molecule has 1 unspecified atom stereocenters. The number of hydrogen-bond donors (Lipinski definition) is 1. The highest BCUT2D eigenvalue weighted by Crippen LogP contribution is 2.33. The number of nitrogens with zero attached hydrogens (tertiary/aromatic N) is 1. The van der Waals surface area contributed by atoms with Crippen LogP contribution in [0.4, 0.5) is 0 Å². The molecule has 0 fully saturated rings. The first-order valence-electron chi connectivity index (χ1n) is 9.38. The fourth-order valence-electron chi connectivity index (χ4n) is 3.48. The Bertz CT molecular complexity index is 1110. The molecule has 4 aromatic rings. The molecule has 146 valence electrons. The lowest BCUT2D eigenvalue weighted by Gasteiger charge is -2.29. The number of carbonyl (C=O) groups is 1. The first kappa shape index (κ1) is 19.1. The first-order valence-corrected chi connectivity index (χ1v) is 9.76. The molecule has 4 nitrogen and oxygen atoms in total. The van der Waals surface area contributed by atoms with Crippen molar-refractivity contribution >= 4 is 28.4 Å². The molecule has 0 aliphatic heterocycles. The van der Waals surface area contributed by atoms with Gasteiger partial charge >= 0.3 is 0 Å². The molecule has 0 saturated heterocycles. The van der Waals surface area contributed by atoms with Crippen LogP contribution >= 0.6 is 11.6 Å². The van der Waals surface area contributed by atoms with Crippen LogP contribution < -0.4 is 4.74 Å². The molecule has 4 rings (SSSR count). The Morgan fingerprint density at radius 1 is 1.00 bits per heavy atom. The Hall–Kier alpha value is -3.24. The lowest BCUT2D eigenvalue weighted by molar-refractivity contribution is -0.133. The maximum Gasteiger partial charge on any atom is 0.261 e. The topological polar surface area (TPSA) is 45.3 Å². The van der Waals surface area contributed by atoms with Crippen molar-refractivity contribution in [2.45, 2.75) is 6.04 Å². The zero-order chi connectivity index (χ0) is 20.2. The highest BCUT2D eigenvalue weighted by Gasteiger charge is 2.26. The van der Waals surface area contributed by atoms with Gasteiger partial charge in [-0.2, -0.15) is 0 Å². The molecule has 29 heavy (non-hydrogen) atoms. The molecule has 0 aliphatic rings. The Labute approximate surface area is 174 Å². The number of aromatic amines is 1. The molecular weight excluding hydrogens is 384 g/mol. The summed E-state index contributed by atoms with van der Waals surface area (Å²) in [6.07, 6.45) is 1.96. The van der Waals surface area contributed by atoms with Crippen LogP contribution in [0.3, 0.4) is 0 Å². The number of ether oxygens (including phenoxy) is 1. The zero-order valence-corrected chi connectivity index (χ0v) is 16.8. The van der Waals surface area contributed by atoms with E-state index in [2.05, 4.69) is 11.1 Å². The molecule has 5 heteroatoms. The smallest absolute Gasteiger partial charge is 0.261 e. The van der Waals surface area contributed by atoms with Gasteiger partial charge in [-0.25, -0.2) is 0 Å². The molecule has 0 radical (unpaired) electrons. The van der Waals surface area contributed by atoms with Gasteiger partial charge in [0.1, 0.15) is 5.75 Å². The average Bonchev–Trinajstić information content (AvgIpc) is 3.18. The fraction of sp³-hybridized carbons (Fsp3) is 0.125. The summed E-state index contributed by atoms with van der Waals surface area (Å²) in [6.45, 7) is -0.0348. The zero-order valence-electron chi connectivity index (χ0n) is 16.0. The van der Waals surface area contributed by atoms with Gasteiger partial charge in [0.05, 0.1) is 6.04 Å². The number of para-hydroxylation sites is 2. The predicted octanol–water partition coefficient (Wildman–Crippen LogP) is 5.45. The molecule has 0 bridgehead atoms. The highest BCUT2D eigenvalue weighted by molar-refractivity contribution is 6.30. The average molecular weight is 405 g/mol. The fourth-order valence-corrected chi connectivity index (χ4v) is 3.61. The van der Waals surface area contributed by atoms with Crippen LogP contribution in [0.2, 0.25) is 5.02 Å². The number of carbonyl (C=O) groups excluding carboxylic acids is 1. The second kappa shape index (κ2) is 8.41. The number of likely N-dealkylation sites (N-methyl/N-ethyl adjacent to an activating group) is 1. The van der Waals surface area contributed by atoms with Crippen molar-refractivity contribution in [2.24, 2.45) is 0 Å². The van der Waals surface area contributed by atoms with Crippen molar-refractivity contribution in [1.29, 1.82) is 0 Å². The molecule has 0 spiro atoms. The standard InChI is InChI=1S/C24H21ClN2O2/c1-27(23(28)16-29-19-7-3-2-4-8-19)24(17-11-13-18(25)14-12-17)21-15-26-22-10-6-5-9-20(21)22/h2-15,24,26H,16H2,1H3. The summed E-state index contributed by atoms with van der Waals surface area (Å²) in [4.78, 5) is 18.0. The SMILES string of the molecule is CN(C(=O)COc1ccccc1)C(c1ccc(Cl)cc1)c1c[nH]c2ccccc12. The number of amides is 1. The van der Waals surface area contributed by atoms with Gasteiger partial charge in [0, 0.05) is 34.7 Å². The third-order valence-corrected chi connectivity index (χ3v) is 5.24. The quantitative estimate of drug-likeness (QED) is 0.464. The highest BCUT2D eigenvalue weighted by atomic mass is 35.5. The van der Waals surface area contributed by atoms with Gasteiger partial charge in [0.25, 0.3) is 5.91 Å². The van der Waals surface area contributed by atoms with E-state index in [1.54, 1.807) is 11.9 Å². The van der Waals surface area contributed by atoms with Crippen LogP contribution in [0.25, 0.3) is 10.9 Å². The maximum absolute atomic E-state index is 13.0. The molecule has 1 atom stereocenters. The lowest BCUT2D eigenvalue weighted by atomic mass is 9.97. The van der Waals surface area contributed by atoms with Crippen molar-refractivity contribution in [2.75, 3.05) is 13.7 Å². The Morgan fingerprint density at radius 3 is 2.45 bits per heavy atom. The van der Waals surface area contributed by atoms with Gasteiger partial charge in [-0.15, -0.1) is 0 Å². The molecule has 0 saturated carbocycles. The van der Waals surface area contributed by atoms with E-state index in [4.69, 9.17) is 16.3 Å². The molecule has 1 amide bonds. The Kier molecular flexibility index (Phi) is 5.54. The summed E-state index contributed by atoms with van der Waals surface area (Å²) in [5, 5.41) is 1.74. The van der Waals surface area contributed by atoms with E-state index in [0.717, 1.165) is 22.0 Å². The summed E-state index contributed by atoms with van der Waals surface area (Å²) in [5.74, 6) is 0.559. The van der Waals surface area contributed by atoms with Crippen LogP contribution in [0.15, 0.2) is 85.1 Å². The van der Waals surface area contributed by atoms with E-state index in [0.29, 0.717) is 10.8 Å². The van der Waals surface area contributed by atoms with Crippen molar-refractivity contribution in [1.82, 2.24) is 9.88 Å². The molecule has 1 heterocycles. The van der Waals surface area contributed by atoms with E-state index in [-0.39, 0.29) is 18.6 Å². The van der Waals surface area contributed by atoms with Crippen LogP contribution in [0, 0.1) is 0 Å². The van der Waals surface area contributed by atoms with E-state index in [1.807, 2.05) is 79.0 Å². The maximum atomic E-state index is 13.0. The largest absolute Gasteiger partial charge is 0.484 e. The minimum atomic E-state index is -0.268. The number of H-pyrrole nitrogens is 1. The predicted molar refractivity (Wildman–Crippen MR) is 116 cm³/mol. The minimum absolute atomic E-state index is 0.0348. The van der Waals surface area contributed by atoms with E-state index in [9.17, 15) is 4.79 Å². The number of benzene rings is 3. The van der Waals surface area contributed by atoms with E-state index >= 15 is 0 Å². The van der Waals surface area contributed by atoms with Gasteiger partial charge in [-0.1, -0.05) is 60.1 Å². The Morgan fingerprint density at radius 2 is 1.69 bits per heavy atom. The van der Waals surface area contributed by atoms with E-state index < -0.39 is 0 Å².